The first-order valence-electron chi connectivity index (χ1n) is 12.7. The molecule has 0 amide bonds. The van der Waals surface area contributed by atoms with Crippen molar-refractivity contribution in [3.05, 3.63) is 144 Å². The summed E-state index contributed by atoms with van der Waals surface area (Å²) in [4.78, 5) is 0. The van der Waals surface area contributed by atoms with Crippen LogP contribution in [0.1, 0.15) is 41.2 Å². The molecule has 1 heterocycles. The van der Waals surface area contributed by atoms with Crippen LogP contribution in [0.2, 0.25) is 0 Å². The fourth-order valence-electron chi connectivity index (χ4n) is 4.35. The number of benzene rings is 4. The van der Waals surface area contributed by atoms with Crippen molar-refractivity contribution in [2.24, 2.45) is 0 Å². The van der Waals surface area contributed by atoms with Gasteiger partial charge >= 0.3 is 0 Å². The van der Waals surface area contributed by atoms with Gasteiger partial charge in [0.2, 0.25) is 0 Å². The normalized spacial score (nSPS) is 17.0. The molecule has 0 N–H and O–H groups in total. The first kappa shape index (κ1) is 23.9. The van der Waals surface area contributed by atoms with Gasteiger partial charge in [-0.2, -0.15) is 0 Å². The maximum atomic E-state index is 6.42. The molecule has 5 rings (SSSR count). The number of ether oxygens (including phenoxy) is 3. The summed E-state index contributed by atoms with van der Waals surface area (Å²) in [5.74, 6) is 1.77. The molecule has 1 aliphatic heterocycles. The SMILES string of the molecule is C1=C[C@H](c2ccc(OCc3ccccc3)cc2)O[C@@H](CCc2ccc(OCc3ccccc3)cc2)C1. The minimum absolute atomic E-state index is 0.0133. The molecular formula is C33H32O3. The maximum Gasteiger partial charge on any atom is 0.119 e. The van der Waals surface area contributed by atoms with E-state index >= 15 is 0 Å². The van der Waals surface area contributed by atoms with E-state index in [4.69, 9.17) is 14.2 Å². The Morgan fingerprint density at radius 1 is 0.611 bits per heavy atom. The van der Waals surface area contributed by atoms with Gasteiger partial charge in [0.25, 0.3) is 0 Å². The largest absolute Gasteiger partial charge is 0.489 e. The van der Waals surface area contributed by atoms with Crippen LogP contribution in [0.4, 0.5) is 0 Å². The van der Waals surface area contributed by atoms with E-state index in [0.717, 1.165) is 41.9 Å². The van der Waals surface area contributed by atoms with Crippen molar-refractivity contribution in [2.75, 3.05) is 0 Å². The van der Waals surface area contributed by atoms with Crippen molar-refractivity contribution in [3.8, 4) is 11.5 Å². The molecule has 0 bridgehead atoms. The molecule has 2 atom stereocenters. The summed E-state index contributed by atoms with van der Waals surface area (Å²) in [6, 6.07) is 37.2. The third-order valence-electron chi connectivity index (χ3n) is 6.43. The molecule has 0 spiro atoms. The van der Waals surface area contributed by atoms with Gasteiger partial charge in [-0.3, -0.25) is 0 Å². The Bertz CT molecular complexity index is 1220. The quantitative estimate of drug-likeness (QED) is 0.218. The van der Waals surface area contributed by atoms with Crippen LogP contribution in [0, 0.1) is 0 Å². The smallest absolute Gasteiger partial charge is 0.119 e. The molecule has 3 heteroatoms. The van der Waals surface area contributed by atoms with Gasteiger partial charge in [0.15, 0.2) is 0 Å². The van der Waals surface area contributed by atoms with Crippen LogP contribution >= 0.6 is 0 Å². The lowest BCUT2D eigenvalue weighted by molar-refractivity contribution is 0.000716. The van der Waals surface area contributed by atoms with E-state index in [9.17, 15) is 0 Å². The highest BCUT2D eigenvalue weighted by Crippen LogP contribution is 2.29. The van der Waals surface area contributed by atoms with Gasteiger partial charge in [-0.15, -0.1) is 0 Å². The average molecular weight is 477 g/mol. The summed E-state index contributed by atoms with van der Waals surface area (Å²) in [6.45, 7) is 1.16. The molecule has 4 aromatic rings. The number of rotatable bonds is 10. The van der Waals surface area contributed by atoms with Crippen molar-refractivity contribution in [3.63, 3.8) is 0 Å². The Morgan fingerprint density at radius 2 is 1.17 bits per heavy atom. The second-order valence-corrected chi connectivity index (χ2v) is 9.14. The second-order valence-electron chi connectivity index (χ2n) is 9.14. The molecule has 1 aliphatic rings. The fourth-order valence-corrected chi connectivity index (χ4v) is 4.35. The van der Waals surface area contributed by atoms with Crippen LogP contribution in [0.15, 0.2) is 121 Å². The van der Waals surface area contributed by atoms with Gasteiger partial charge in [0.1, 0.15) is 30.8 Å². The molecule has 0 aliphatic carbocycles. The van der Waals surface area contributed by atoms with Crippen LogP contribution in [0.25, 0.3) is 0 Å². The summed E-state index contributed by atoms with van der Waals surface area (Å²) in [7, 11) is 0. The van der Waals surface area contributed by atoms with Gasteiger partial charge in [0, 0.05) is 0 Å². The Balaban J connectivity index is 1.08. The highest BCUT2D eigenvalue weighted by atomic mass is 16.5. The summed E-state index contributed by atoms with van der Waals surface area (Å²) >= 11 is 0. The van der Waals surface area contributed by atoms with Crippen molar-refractivity contribution in [1.82, 2.24) is 0 Å². The summed E-state index contributed by atoms with van der Waals surface area (Å²) in [5, 5.41) is 0. The van der Waals surface area contributed by atoms with Gasteiger partial charge in [0.05, 0.1) is 6.10 Å². The third-order valence-corrected chi connectivity index (χ3v) is 6.43. The Morgan fingerprint density at radius 3 is 1.75 bits per heavy atom. The van der Waals surface area contributed by atoms with Crippen molar-refractivity contribution in [1.29, 1.82) is 0 Å². The first-order valence-corrected chi connectivity index (χ1v) is 12.7. The van der Waals surface area contributed by atoms with Crippen molar-refractivity contribution < 1.29 is 14.2 Å². The Kier molecular flexibility index (Phi) is 8.12. The van der Waals surface area contributed by atoms with E-state index < -0.39 is 0 Å². The molecule has 0 unspecified atom stereocenters. The molecule has 0 aromatic heterocycles. The molecule has 4 aromatic carbocycles. The van der Waals surface area contributed by atoms with Crippen molar-refractivity contribution in [2.45, 2.75) is 44.7 Å². The summed E-state index contributed by atoms with van der Waals surface area (Å²) in [5.41, 5.74) is 4.80. The predicted molar refractivity (Wildman–Crippen MR) is 144 cm³/mol. The minimum atomic E-state index is -0.0133. The molecule has 0 saturated heterocycles. The highest BCUT2D eigenvalue weighted by Gasteiger charge is 2.19. The number of aryl methyl sites for hydroxylation is 1. The standard InChI is InChI=1S/C33H32O3/c1-3-8-27(9-4-1)24-34-30-19-14-26(15-20-30)16-21-32-12-7-13-33(36-32)29-17-22-31(23-18-29)35-25-28-10-5-2-6-11-28/h1-11,13-15,17-20,22-23,32-33H,12,16,21,24-25H2/t32-,33-/m1/s1. The molecule has 36 heavy (non-hydrogen) atoms. The minimum Gasteiger partial charge on any atom is -0.489 e. The van der Waals surface area contributed by atoms with E-state index in [1.807, 2.05) is 48.5 Å². The number of hydrogen-bond donors (Lipinski definition) is 0. The molecule has 0 fully saturated rings. The van der Waals surface area contributed by atoms with E-state index in [-0.39, 0.29) is 12.2 Å². The lowest BCUT2D eigenvalue weighted by Crippen LogP contribution is -2.19. The van der Waals surface area contributed by atoms with Gasteiger partial charge in [-0.1, -0.05) is 97.1 Å². The highest BCUT2D eigenvalue weighted by molar-refractivity contribution is 5.31. The average Bonchev–Trinajstić information content (AvgIpc) is 2.96. The Labute approximate surface area is 214 Å². The zero-order valence-electron chi connectivity index (χ0n) is 20.5. The topological polar surface area (TPSA) is 27.7 Å². The van der Waals surface area contributed by atoms with Crippen LogP contribution in [0.5, 0.6) is 11.5 Å². The van der Waals surface area contributed by atoms with Crippen LogP contribution in [-0.2, 0) is 24.4 Å². The van der Waals surface area contributed by atoms with Crippen LogP contribution in [0.3, 0.4) is 0 Å². The monoisotopic (exact) mass is 476 g/mol. The third kappa shape index (κ3) is 6.87. The van der Waals surface area contributed by atoms with Crippen LogP contribution in [-0.4, -0.2) is 6.10 Å². The van der Waals surface area contributed by atoms with E-state index in [1.54, 1.807) is 0 Å². The van der Waals surface area contributed by atoms with E-state index in [1.165, 1.54) is 11.1 Å². The van der Waals surface area contributed by atoms with Crippen LogP contribution < -0.4 is 9.47 Å². The second kappa shape index (κ2) is 12.2. The molecule has 0 radical (unpaired) electrons. The zero-order chi connectivity index (χ0) is 24.4. The van der Waals surface area contributed by atoms with E-state index in [0.29, 0.717) is 13.2 Å². The molecule has 0 saturated carbocycles. The molecular weight excluding hydrogens is 444 g/mol. The maximum absolute atomic E-state index is 6.42. The fraction of sp³-hybridized carbons (Fsp3) is 0.212. The summed E-state index contributed by atoms with van der Waals surface area (Å²) in [6.07, 6.45) is 7.53. The number of hydrogen-bond acceptors (Lipinski definition) is 3. The Hall–Kier alpha value is -3.82. The summed E-state index contributed by atoms with van der Waals surface area (Å²) < 4.78 is 18.3. The lowest BCUT2D eigenvalue weighted by atomic mass is 10.00. The van der Waals surface area contributed by atoms with Gasteiger partial charge in [-0.25, -0.2) is 0 Å². The molecule has 182 valence electrons. The molecule has 3 nitrogen and oxygen atoms in total. The van der Waals surface area contributed by atoms with Gasteiger partial charge < -0.3 is 14.2 Å². The van der Waals surface area contributed by atoms with E-state index in [2.05, 4.69) is 72.8 Å². The van der Waals surface area contributed by atoms with Gasteiger partial charge in [-0.05, 0) is 65.8 Å². The predicted octanol–water partition coefficient (Wildman–Crippen LogP) is 7.86. The lowest BCUT2D eigenvalue weighted by Gasteiger charge is -2.26. The zero-order valence-corrected chi connectivity index (χ0v) is 20.5. The van der Waals surface area contributed by atoms with Crippen molar-refractivity contribution >= 4 is 0 Å². The first-order chi connectivity index (χ1) is 17.8.